The number of aryl methyl sites for hydroxylation is 4. The van der Waals surface area contributed by atoms with E-state index in [2.05, 4.69) is 21.2 Å². The van der Waals surface area contributed by atoms with E-state index in [0.29, 0.717) is 10.4 Å². The van der Waals surface area contributed by atoms with Crippen molar-refractivity contribution in [3.05, 3.63) is 112 Å². The van der Waals surface area contributed by atoms with Crippen LogP contribution in [-0.4, -0.2) is 31.7 Å². The minimum atomic E-state index is -4.70. The van der Waals surface area contributed by atoms with Crippen molar-refractivity contribution in [2.75, 3.05) is 10.8 Å². The van der Waals surface area contributed by atoms with Gasteiger partial charge >= 0.3 is 6.18 Å². The van der Waals surface area contributed by atoms with E-state index in [4.69, 9.17) is 0 Å². The van der Waals surface area contributed by atoms with Crippen molar-refractivity contribution in [2.24, 2.45) is 5.10 Å². The van der Waals surface area contributed by atoms with Gasteiger partial charge in [0.15, 0.2) is 0 Å². The van der Waals surface area contributed by atoms with Gasteiger partial charge in [0.1, 0.15) is 6.54 Å². The number of nitrogens with zero attached hydrogens (tertiary/aromatic N) is 3. The van der Waals surface area contributed by atoms with Gasteiger partial charge in [-0.15, -0.1) is 0 Å². The van der Waals surface area contributed by atoms with Crippen LogP contribution in [0.2, 0.25) is 0 Å². The van der Waals surface area contributed by atoms with E-state index in [1.54, 1.807) is 19.1 Å². The summed E-state index contributed by atoms with van der Waals surface area (Å²) in [5.41, 5.74) is 7.58. The Hall–Kier alpha value is -4.38. The first-order chi connectivity index (χ1) is 19.7. The Kier molecular flexibility index (Phi) is 8.63. The lowest BCUT2D eigenvalue weighted by atomic mass is 10.1. The third-order valence-corrected chi connectivity index (χ3v) is 8.60. The molecule has 0 aliphatic rings. The first-order valence-electron chi connectivity index (χ1n) is 13.0. The molecule has 0 aliphatic heterocycles. The zero-order valence-electron chi connectivity index (χ0n) is 23.8. The Balaban J connectivity index is 1.60. The van der Waals surface area contributed by atoms with Gasteiger partial charge in [-0.3, -0.25) is 9.10 Å². The average molecular weight is 597 g/mol. The minimum Gasteiger partial charge on any atom is -0.318 e. The molecular weight excluding hydrogens is 565 g/mol. The topological polar surface area (TPSA) is 83.8 Å². The highest BCUT2D eigenvalue weighted by Crippen LogP contribution is 2.33. The highest BCUT2D eigenvalue weighted by Gasteiger charge is 2.33. The maximum Gasteiger partial charge on any atom is 0.416 e. The number of anilines is 1. The van der Waals surface area contributed by atoms with Gasteiger partial charge < -0.3 is 4.57 Å². The summed E-state index contributed by atoms with van der Waals surface area (Å²) < 4.78 is 70.1. The van der Waals surface area contributed by atoms with Crippen molar-refractivity contribution in [3.63, 3.8) is 0 Å². The number of benzene rings is 3. The van der Waals surface area contributed by atoms with E-state index in [1.165, 1.54) is 24.4 Å². The predicted molar refractivity (Wildman–Crippen MR) is 158 cm³/mol. The van der Waals surface area contributed by atoms with E-state index >= 15 is 0 Å². The molecule has 0 fully saturated rings. The lowest BCUT2D eigenvalue weighted by Crippen LogP contribution is -2.39. The van der Waals surface area contributed by atoms with Gasteiger partial charge in [0.25, 0.3) is 15.9 Å². The number of hydrazone groups is 1. The highest BCUT2D eigenvalue weighted by atomic mass is 32.2. The molecule has 7 nitrogen and oxygen atoms in total. The Bertz CT molecular complexity index is 1760. The lowest BCUT2D eigenvalue weighted by Gasteiger charge is -2.24. The van der Waals surface area contributed by atoms with Crippen LogP contribution in [-0.2, 0) is 21.0 Å². The van der Waals surface area contributed by atoms with Gasteiger partial charge in [0.2, 0.25) is 0 Å². The van der Waals surface area contributed by atoms with Crippen LogP contribution in [0.5, 0.6) is 0 Å². The van der Waals surface area contributed by atoms with Gasteiger partial charge in [-0.2, -0.15) is 18.3 Å². The molecule has 0 atom stereocenters. The molecule has 220 valence electrons. The molecule has 3 aromatic carbocycles. The lowest BCUT2D eigenvalue weighted by molar-refractivity contribution is -0.137. The molecular formula is C31H31F3N4O3S. The zero-order chi connectivity index (χ0) is 30.8. The second kappa shape index (κ2) is 11.8. The number of rotatable bonds is 8. The fourth-order valence-corrected chi connectivity index (χ4v) is 6.09. The summed E-state index contributed by atoms with van der Waals surface area (Å²) in [4.78, 5) is 12.8. The van der Waals surface area contributed by atoms with Gasteiger partial charge in [0.05, 0.1) is 22.4 Å². The molecule has 11 heteroatoms. The van der Waals surface area contributed by atoms with Gasteiger partial charge in [0, 0.05) is 22.6 Å². The molecule has 0 saturated carbocycles. The Morgan fingerprint density at radius 2 is 1.60 bits per heavy atom. The van der Waals surface area contributed by atoms with Crippen LogP contribution in [0.15, 0.2) is 82.8 Å². The molecule has 0 aliphatic carbocycles. The second-order valence-electron chi connectivity index (χ2n) is 10.1. The van der Waals surface area contributed by atoms with Crippen molar-refractivity contribution in [3.8, 4) is 5.69 Å². The van der Waals surface area contributed by atoms with Crippen LogP contribution >= 0.6 is 0 Å². The number of hydrogen-bond acceptors (Lipinski definition) is 4. The summed E-state index contributed by atoms with van der Waals surface area (Å²) >= 11 is 0. The third-order valence-electron chi connectivity index (χ3n) is 6.81. The molecule has 1 heterocycles. The SMILES string of the molecule is Cc1ccc(S(=O)(=O)N(CC(=O)N/N=C\c2cc(C)n(-c3ccc(C)cc3C)c2C)c2cccc(C(F)(F)F)c2)cc1. The molecule has 1 aromatic heterocycles. The fourth-order valence-electron chi connectivity index (χ4n) is 4.67. The molecule has 0 saturated heterocycles. The molecule has 4 rings (SSSR count). The summed E-state index contributed by atoms with van der Waals surface area (Å²) in [5.74, 6) is -0.831. The normalized spacial score (nSPS) is 12.1. The van der Waals surface area contributed by atoms with Crippen molar-refractivity contribution < 1.29 is 26.4 Å². The highest BCUT2D eigenvalue weighted by molar-refractivity contribution is 7.92. The van der Waals surface area contributed by atoms with E-state index < -0.39 is 34.2 Å². The number of halogens is 3. The van der Waals surface area contributed by atoms with Crippen LogP contribution in [0, 0.1) is 34.6 Å². The molecule has 0 unspecified atom stereocenters. The Morgan fingerprint density at radius 3 is 2.24 bits per heavy atom. The largest absolute Gasteiger partial charge is 0.416 e. The maximum absolute atomic E-state index is 13.5. The molecule has 1 N–H and O–H groups in total. The van der Waals surface area contributed by atoms with Gasteiger partial charge in [-0.25, -0.2) is 13.8 Å². The summed E-state index contributed by atoms with van der Waals surface area (Å²) in [5, 5.41) is 4.02. The Morgan fingerprint density at radius 1 is 0.929 bits per heavy atom. The molecule has 42 heavy (non-hydrogen) atoms. The zero-order valence-corrected chi connectivity index (χ0v) is 24.6. The van der Waals surface area contributed by atoms with E-state index in [1.807, 2.05) is 45.9 Å². The number of nitrogens with one attached hydrogen (secondary N) is 1. The number of carbonyl (C=O) groups is 1. The van der Waals surface area contributed by atoms with E-state index in [9.17, 15) is 26.4 Å². The summed E-state index contributed by atoms with van der Waals surface area (Å²) in [6.45, 7) is 8.88. The van der Waals surface area contributed by atoms with Crippen molar-refractivity contribution in [2.45, 2.75) is 45.7 Å². The summed E-state index contributed by atoms with van der Waals surface area (Å²) in [7, 11) is -4.40. The van der Waals surface area contributed by atoms with Crippen LogP contribution in [0.3, 0.4) is 0 Å². The van der Waals surface area contributed by atoms with Crippen molar-refractivity contribution >= 4 is 27.8 Å². The monoisotopic (exact) mass is 596 g/mol. The van der Waals surface area contributed by atoms with Crippen molar-refractivity contribution in [1.29, 1.82) is 0 Å². The van der Waals surface area contributed by atoms with Gasteiger partial charge in [-0.05, 0) is 82.6 Å². The average Bonchev–Trinajstić information content (AvgIpc) is 3.19. The van der Waals surface area contributed by atoms with Crippen LogP contribution < -0.4 is 9.73 Å². The number of carbonyl (C=O) groups excluding carboxylic acids is 1. The fraction of sp³-hybridized carbons (Fsp3) is 0.226. The maximum atomic E-state index is 13.5. The number of alkyl halides is 3. The van der Waals surface area contributed by atoms with E-state index in [-0.39, 0.29) is 10.6 Å². The van der Waals surface area contributed by atoms with Crippen LogP contribution in [0.25, 0.3) is 5.69 Å². The molecule has 0 radical (unpaired) electrons. The van der Waals surface area contributed by atoms with E-state index in [0.717, 1.165) is 51.5 Å². The summed E-state index contributed by atoms with van der Waals surface area (Å²) in [6, 6.07) is 17.7. The number of sulfonamides is 1. The quantitative estimate of drug-likeness (QED) is 0.189. The number of aromatic nitrogens is 1. The predicted octanol–water partition coefficient (Wildman–Crippen LogP) is 6.38. The number of hydrogen-bond donors (Lipinski definition) is 1. The van der Waals surface area contributed by atoms with Crippen LogP contribution in [0.4, 0.5) is 18.9 Å². The molecule has 1 amide bonds. The third kappa shape index (κ3) is 6.57. The number of amides is 1. The first kappa shape index (κ1) is 30.6. The Labute approximate surface area is 243 Å². The van der Waals surface area contributed by atoms with Crippen molar-refractivity contribution in [1.82, 2.24) is 9.99 Å². The standard InChI is InChI=1S/C31H31F3N4O3S/c1-20-9-12-28(13-10-20)42(40,41)37(27-8-6-7-26(17-27)31(32,33)34)19-30(39)36-35-18-25-16-23(4)38(24(25)5)29-14-11-21(2)15-22(29)3/h6-18H,19H2,1-5H3,(H,36,39)/b35-18-. The second-order valence-corrected chi connectivity index (χ2v) is 12.0. The first-order valence-corrected chi connectivity index (χ1v) is 14.5. The van der Waals surface area contributed by atoms with Gasteiger partial charge in [-0.1, -0.05) is 41.5 Å². The minimum absolute atomic E-state index is 0.166. The van der Waals surface area contributed by atoms with Crippen LogP contribution in [0.1, 0.15) is 39.2 Å². The molecule has 4 aromatic rings. The molecule has 0 spiro atoms. The smallest absolute Gasteiger partial charge is 0.318 e. The molecule has 0 bridgehead atoms. The summed E-state index contributed by atoms with van der Waals surface area (Å²) in [6.07, 6.45) is -3.26.